The molecule has 0 N–H and O–H groups in total. The van der Waals surface area contributed by atoms with Crippen molar-refractivity contribution in [3.8, 4) is 0 Å². The number of aromatic nitrogens is 1. The molecule has 0 radical (unpaired) electrons. The Hall–Kier alpha value is -0.980. The number of hydrogen-bond donors (Lipinski definition) is 0. The first-order valence-corrected chi connectivity index (χ1v) is 8.42. The van der Waals surface area contributed by atoms with Gasteiger partial charge < -0.3 is 9.15 Å². The Morgan fingerprint density at radius 1 is 1.58 bits per heavy atom. The summed E-state index contributed by atoms with van der Waals surface area (Å²) in [5.74, 6) is 1.15. The van der Waals surface area contributed by atoms with E-state index in [2.05, 4.69) is 4.98 Å². The fraction of sp³-hybridized carbons (Fsp3) is 0.462. The minimum atomic E-state index is -1.09. The summed E-state index contributed by atoms with van der Waals surface area (Å²) in [6.45, 7) is 2.64. The lowest BCUT2D eigenvalue weighted by molar-refractivity contribution is 0.111. The Balaban J connectivity index is 1.70. The highest BCUT2D eigenvalue weighted by molar-refractivity contribution is 7.84. The van der Waals surface area contributed by atoms with Crippen LogP contribution in [0.15, 0.2) is 27.0 Å². The largest absolute Gasteiger partial charge is 0.468 e. The van der Waals surface area contributed by atoms with E-state index < -0.39 is 10.8 Å². The van der Waals surface area contributed by atoms with Gasteiger partial charge in [0.1, 0.15) is 16.9 Å². The predicted molar refractivity (Wildman–Crippen MR) is 73.6 cm³/mol. The molecule has 0 spiro atoms. The fourth-order valence-electron chi connectivity index (χ4n) is 2.13. The Kier molecular flexibility index (Phi) is 3.81. The van der Waals surface area contributed by atoms with Crippen molar-refractivity contribution in [2.24, 2.45) is 0 Å². The molecule has 0 unspecified atom stereocenters. The van der Waals surface area contributed by atoms with Gasteiger partial charge in [0.05, 0.1) is 33.4 Å². The molecule has 2 aromatic heterocycles. The van der Waals surface area contributed by atoms with Crippen LogP contribution in [-0.4, -0.2) is 15.8 Å². The van der Waals surface area contributed by atoms with Gasteiger partial charge in [0.2, 0.25) is 0 Å². The third kappa shape index (κ3) is 2.80. The maximum atomic E-state index is 12.2. The number of thiazole rings is 1. The minimum absolute atomic E-state index is 0.142. The van der Waals surface area contributed by atoms with E-state index in [0.29, 0.717) is 11.5 Å². The van der Waals surface area contributed by atoms with E-state index in [9.17, 15) is 4.21 Å². The van der Waals surface area contributed by atoms with Gasteiger partial charge in [0.15, 0.2) is 0 Å². The molecule has 102 valence electrons. The third-order valence-corrected chi connectivity index (χ3v) is 5.57. The second-order valence-electron chi connectivity index (χ2n) is 4.51. The van der Waals surface area contributed by atoms with Crippen LogP contribution in [0.5, 0.6) is 0 Å². The van der Waals surface area contributed by atoms with Crippen LogP contribution in [0.25, 0.3) is 0 Å². The molecule has 2 aromatic rings. The van der Waals surface area contributed by atoms with Gasteiger partial charge in [-0.05, 0) is 25.8 Å². The SMILES string of the molecule is Cc1occc1[S@@](=O)Cc1csc([C@H]2CCCO2)n1. The van der Waals surface area contributed by atoms with Crippen LogP contribution in [0.3, 0.4) is 0 Å². The zero-order valence-corrected chi connectivity index (χ0v) is 12.3. The van der Waals surface area contributed by atoms with Crippen LogP contribution in [0.2, 0.25) is 0 Å². The molecular weight excluding hydrogens is 282 g/mol. The van der Waals surface area contributed by atoms with Gasteiger partial charge in [0, 0.05) is 12.0 Å². The van der Waals surface area contributed by atoms with Gasteiger partial charge in [-0.1, -0.05) is 0 Å². The van der Waals surface area contributed by atoms with Crippen molar-refractivity contribution in [1.82, 2.24) is 4.98 Å². The molecule has 2 atom stereocenters. The fourth-order valence-corrected chi connectivity index (χ4v) is 4.28. The molecule has 19 heavy (non-hydrogen) atoms. The Bertz CT molecular complexity index is 584. The van der Waals surface area contributed by atoms with Gasteiger partial charge in [0.25, 0.3) is 0 Å². The van der Waals surface area contributed by atoms with E-state index in [1.54, 1.807) is 23.7 Å². The number of furan rings is 1. The summed E-state index contributed by atoms with van der Waals surface area (Å²) in [6, 6.07) is 1.76. The maximum absolute atomic E-state index is 12.2. The number of hydrogen-bond acceptors (Lipinski definition) is 5. The molecule has 0 bridgehead atoms. The number of aryl methyl sites for hydroxylation is 1. The second-order valence-corrected chi connectivity index (χ2v) is 6.82. The monoisotopic (exact) mass is 297 g/mol. The zero-order valence-electron chi connectivity index (χ0n) is 10.6. The number of nitrogens with zero attached hydrogens (tertiary/aromatic N) is 1. The molecule has 1 aliphatic rings. The first-order chi connectivity index (χ1) is 9.24. The molecule has 3 rings (SSSR count). The highest BCUT2D eigenvalue weighted by Crippen LogP contribution is 2.31. The van der Waals surface area contributed by atoms with Crippen LogP contribution in [-0.2, 0) is 21.3 Å². The first kappa shape index (κ1) is 13.0. The lowest BCUT2D eigenvalue weighted by Gasteiger charge is -2.03. The molecular formula is C13H15NO3S2. The van der Waals surface area contributed by atoms with Crippen molar-refractivity contribution in [3.63, 3.8) is 0 Å². The Labute approximate surface area is 118 Å². The van der Waals surface area contributed by atoms with Gasteiger partial charge in [-0.2, -0.15) is 0 Å². The summed E-state index contributed by atoms with van der Waals surface area (Å²) in [5.41, 5.74) is 0.870. The average Bonchev–Trinajstić information content (AvgIpc) is 3.07. The third-order valence-electron chi connectivity index (χ3n) is 3.11. The highest BCUT2D eigenvalue weighted by atomic mass is 32.2. The number of rotatable bonds is 4. The maximum Gasteiger partial charge on any atom is 0.122 e. The van der Waals surface area contributed by atoms with E-state index in [4.69, 9.17) is 9.15 Å². The van der Waals surface area contributed by atoms with Crippen LogP contribution in [0.4, 0.5) is 0 Å². The predicted octanol–water partition coefficient (Wildman–Crippen LogP) is 3.20. The normalized spacial score (nSPS) is 20.8. The van der Waals surface area contributed by atoms with Crippen molar-refractivity contribution >= 4 is 22.1 Å². The topological polar surface area (TPSA) is 52.3 Å². The Morgan fingerprint density at radius 2 is 2.47 bits per heavy atom. The summed E-state index contributed by atoms with van der Waals surface area (Å²) >= 11 is 1.60. The molecule has 4 nitrogen and oxygen atoms in total. The molecule has 1 fully saturated rings. The molecule has 0 aliphatic carbocycles. The molecule has 3 heterocycles. The van der Waals surface area contributed by atoms with Crippen LogP contribution in [0, 0.1) is 6.92 Å². The summed E-state index contributed by atoms with van der Waals surface area (Å²) in [7, 11) is -1.09. The lowest BCUT2D eigenvalue weighted by atomic mass is 10.2. The molecule has 0 saturated carbocycles. The van der Waals surface area contributed by atoms with Crippen LogP contribution < -0.4 is 0 Å². The average molecular weight is 297 g/mol. The smallest absolute Gasteiger partial charge is 0.122 e. The molecule has 0 amide bonds. The minimum Gasteiger partial charge on any atom is -0.468 e. The first-order valence-electron chi connectivity index (χ1n) is 6.22. The second kappa shape index (κ2) is 5.56. The van der Waals surface area contributed by atoms with Crippen molar-refractivity contribution in [2.45, 2.75) is 36.5 Å². The van der Waals surface area contributed by atoms with Gasteiger partial charge in [-0.25, -0.2) is 4.98 Å². The summed E-state index contributed by atoms with van der Waals surface area (Å²) < 4.78 is 23.0. The molecule has 6 heteroatoms. The van der Waals surface area contributed by atoms with Crippen molar-refractivity contribution in [2.75, 3.05) is 6.61 Å². The highest BCUT2D eigenvalue weighted by Gasteiger charge is 2.21. The van der Waals surface area contributed by atoms with E-state index in [0.717, 1.165) is 35.0 Å². The van der Waals surface area contributed by atoms with Crippen molar-refractivity contribution in [1.29, 1.82) is 0 Å². The van der Waals surface area contributed by atoms with E-state index in [1.807, 2.05) is 12.3 Å². The summed E-state index contributed by atoms with van der Waals surface area (Å²) in [6.07, 6.45) is 3.85. The van der Waals surface area contributed by atoms with Gasteiger partial charge in [-0.3, -0.25) is 4.21 Å². The standard InChI is InChI=1S/C13H15NO3S2/c1-9-12(4-6-16-9)19(15)8-10-7-18-13(14-10)11-3-2-5-17-11/h4,6-7,11H,2-3,5,8H2,1H3/t11-,19+/m1/s1. The zero-order chi connectivity index (χ0) is 13.2. The summed E-state index contributed by atoms with van der Waals surface area (Å²) in [5, 5.41) is 2.98. The summed E-state index contributed by atoms with van der Waals surface area (Å²) in [4.78, 5) is 5.30. The van der Waals surface area contributed by atoms with Crippen LogP contribution >= 0.6 is 11.3 Å². The lowest BCUT2D eigenvalue weighted by Crippen LogP contribution is -1.99. The molecule has 1 aliphatic heterocycles. The van der Waals surface area contributed by atoms with Crippen LogP contribution in [0.1, 0.15) is 35.4 Å². The molecule has 0 aromatic carbocycles. The van der Waals surface area contributed by atoms with Crippen molar-refractivity contribution < 1.29 is 13.4 Å². The van der Waals surface area contributed by atoms with E-state index in [1.165, 1.54) is 0 Å². The Morgan fingerprint density at radius 3 is 3.16 bits per heavy atom. The van der Waals surface area contributed by atoms with E-state index >= 15 is 0 Å². The van der Waals surface area contributed by atoms with Gasteiger partial charge in [-0.15, -0.1) is 11.3 Å². The number of ether oxygens (including phenoxy) is 1. The van der Waals surface area contributed by atoms with E-state index in [-0.39, 0.29) is 6.10 Å². The van der Waals surface area contributed by atoms with Crippen molar-refractivity contribution in [3.05, 3.63) is 34.2 Å². The molecule has 1 saturated heterocycles. The van der Waals surface area contributed by atoms with Gasteiger partial charge >= 0.3 is 0 Å². The quantitative estimate of drug-likeness (QED) is 0.869.